The van der Waals surface area contributed by atoms with E-state index in [9.17, 15) is 0 Å². The molecule has 14 heavy (non-hydrogen) atoms. The fourth-order valence-corrected chi connectivity index (χ4v) is 1.16. The Balaban J connectivity index is 3.15. The van der Waals surface area contributed by atoms with Gasteiger partial charge in [0.15, 0.2) is 0 Å². The number of aliphatic hydroxyl groups excluding tert-OH is 1. The molecule has 4 heteroatoms. The molecule has 86 valence electrons. The van der Waals surface area contributed by atoms with Crippen LogP contribution in [0.3, 0.4) is 0 Å². The first-order valence-electron chi connectivity index (χ1n) is 5.18. The van der Waals surface area contributed by atoms with Gasteiger partial charge in [0, 0.05) is 6.54 Å². The Bertz CT molecular complexity index is 121. The van der Waals surface area contributed by atoms with Crippen molar-refractivity contribution in [3.63, 3.8) is 0 Å². The molecule has 0 bridgehead atoms. The third-order valence-corrected chi connectivity index (χ3v) is 2.00. The first kappa shape index (κ1) is 13.8. The molecular weight excluding hydrogens is 180 g/mol. The Morgan fingerprint density at radius 1 is 1.00 bits per heavy atom. The Labute approximate surface area is 87.5 Å². The number of nitrogens with zero attached hydrogens (tertiary/aromatic N) is 2. The van der Waals surface area contributed by atoms with E-state index in [-0.39, 0.29) is 6.61 Å². The fraction of sp³-hybridized carbons (Fsp3) is 1.00. The molecule has 0 radical (unpaired) electrons. The lowest BCUT2D eigenvalue weighted by atomic mass is 10.4. The molecule has 0 aliphatic carbocycles. The van der Waals surface area contributed by atoms with Crippen LogP contribution in [0.5, 0.6) is 0 Å². The molecule has 0 saturated heterocycles. The molecule has 0 aromatic carbocycles. The number of likely N-dealkylation sites (N-methyl/N-ethyl adjacent to an activating group) is 1. The minimum Gasteiger partial charge on any atom is -0.394 e. The average Bonchev–Trinajstić information content (AvgIpc) is 2.12. The zero-order valence-electron chi connectivity index (χ0n) is 9.70. The zero-order valence-corrected chi connectivity index (χ0v) is 9.70. The number of hydrogen-bond acceptors (Lipinski definition) is 4. The van der Waals surface area contributed by atoms with Gasteiger partial charge in [-0.15, -0.1) is 0 Å². The first-order valence-corrected chi connectivity index (χ1v) is 5.18. The predicted molar refractivity (Wildman–Crippen MR) is 58.6 cm³/mol. The molecule has 0 spiro atoms. The van der Waals surface area contributed by atoms with Crippen molar-refractivity contribution in [1.82, 2.24) is 9.80 Å². The van der Waals surface area contributed by atoms with Gasteiger partial charge in [0.1, 0.15) is 0 Å². The lowest BCUT2D eigenvalue weighted by molar-refractivity contribution is 0.0779. The third-order valence-electron chi connectivity index (χ3n) is 2.00. The van der Waals surface area contributed by atoms with Gasteiger partial charge in [-0.1, -0.05) is 0 Å². The minimum atomic E-state index is 0.115. The van der Waals surface area contributed by atoms with Crippen LogP contribution < -0.4 is 0 Å². The highest BCUT2D eigenvalue weighted by Gasteiger charge is 1.98. The van der Waals surface area contributed by atoms with E-state index in [1.165, 1.54) is 6.42 Å². The van der Waals surface area contributed by atoms with Crippen LogP contribution in [0.25, 0.3) is 0 Å². The van der Waals surface area contributed by atoms with E-state index in [1.54, 1.807) is 0 Å². The summed E-state index contributed by atoms with van der Waals surface area (Å²) in [5.41, 5.74) is 0. The van der Waals surface area contributed by atoms with Crippen LogP contribution >= 0.6 is 0 Å². The van der Waals surface area contributed by atoms with E-state index in [4.69, 9.17) is 9.84 Å². The van der Waals surface area contributed by atoms with E-state index in [0.29, 0.717) is 13.2 Å². The smallest absolute Gasteiger partial charge is 0.0698 e. The highest BCUT2D eigenvalue weighted by atomic mass is 16.5. The highest BCUT2D eigenvalue weighted by Crippen LogP contribution is 1.89. The maximum Gasteiger partial charge on any atom is 0.0698 e. The quantitative estimate of drug-likeness (QED) is 0.531. The summed E-state index contributed by atoms with van der Waals surface area (Å²) in [5.74, 6) is 0. The van der Waals surface area contributed by atoms with E-state index in [1.807, 2.05) is 0 Å². The second-order valence-corrected chi connectivity index (χ2v) is 3.80. The van der Waals surface area contributed by atoms with E-state index < -0.39 is 0 Å². The summed E-state index contributed by atoms with van der Waals surface area (Å²) in [6.45, 7) is 4.44. The first-order chi connectivity index (χ1) is 6.66. The van der Waals surface area contributed by atoms with E-state index in [0.717, 1.165) is 19.6 Å². The summed E-state index contributed by atoms with van der Waals surface area (Å²) >= 11 is 0. The highest BCUT2D eigenvalue weighted by molar-refractivity contribution is 4.53. The molecular formula is C10H24N2O2. The van der Waals surface area contributed by atoms with Crippen LogP contribution in [0, 0.1) is 0 Å². The van der Waals surface area contributed by atoms with Gasteiger partial charge in [-0.25, -0.2) is 0 Å². The lowest BCUT2D eigenvalue weighted by Gasteiger charge is -2.17. The largest absolute Gasteiger partial charge is 0.394 e. The van der Waals surface area contributed by atoms with Crippen LogP contribution in [0.2, 0.25) is 0 Å². The number of aliphatic hydroxyl groups is 1. The van der Waals surface area contributed by atoms with Gasteiger partial charge in [-0.2, -0.15) is 0 Å². The normalized spacial score (nSPS) is 11.6. The van der Waals surface area contributed by atoms with Gasteiger partial charge in [0.25, 0.3) is 0 Å². The Morgan fingerprint density at radius 2 is 1.71 bits per heavy atom. The monoisotopic (exact) mass is 204 g/mol. The molecule has 0 atom stereocenters. The topological polar surface area (TPSA) is 35.9 Å². The Hall–Kier alpha value is -0.160. The van der Waals surface area contributed by atoms with Crippen molar-refractivity contribution in [3.05, 3.63) is 0 Å². The minimum absolute atomic E-state index is 0.115. The Morgan fingerprint density at radius 3 is 2.29 bits per heavy atom. The van der Waals surface area contributed by atoms with Crippen molar-refractivity contribution in [1.29, 1.82) is 0 Å². The standard InChI is InChI=1S/C10H24N2O2/c1-11(2)5-4-6-12(3)7-9-14-10-8-13/h13H,4-10H2,1-3H3. The molecule has 0 aromatic heterocycles. The molecule has 0 amide bonds. The maximum absolute atomic E-state index is 8.49. The molecule has 0 heterocycles. The summed E-state index contributed by atoms with van der Waals surface area (Å²) in [6.07, 6.45) is 1.18. The van der Waals surface area contributed by atoms with Gasteiger partial charge in [-0.3, -0.25) is 0 Å². The van der Waals surface area contributed by atoms with Crippen molar-refractivity contribution < 1.29 is 9.84 Å². The Kier molecular flexibility index (Phi) is 9.29. The number of ether oxygens (including phenoxy) is 1. The molecule has 1 N–H and O–H groups in total. The van der Waals surface area contributed by atoms with Crippen LogP contribution in [0.1, 0.15) is 6.42 Å². The van der Waals surface area contributed by atoms with Gasteiger partial charge >= 0.3 is 0 Å². The van der Waals surface area contributed by atoms with Crippen LogP contribution in [-0.2, 0) is 4.74 Å². The molecule has 0 fully saturated rings. The number of hydrogen-bond donors (Lipinski definition) is 1. The van der Waals surface area contributed by atoms with Gasteiger partial charge < -0.3 is 19.6 Å². The van der Waals surface area contributed by atoms with E-state index >= 15 is 0 Å². The fourth-order valence-electron chi connectivity index (χ4n) is 1.16. The predicted octanol–water partition coefficient (Wildman–Crippen LogP) is -0.121. The summed E-state index contributed by atoms with van der Waals surface area (Å²) in [5, 5.41) is 8.49. The molecule has 0 aliphatic heterocycles. The van der Waals surface area contributed by atoms with E-state index in [2.05, 4.69) is 30.9 Å². The summed E-state index contributed by atoms with van der Waals surface area (Å²) in [6, 6.07) is 0. The summed E-state index contributed by atoms with van der Waals surface area (Å²) in [7, 11) is 6.27. The molecule has 0 saturated carbocycles. The second-order valence-electron chi connectivity index (χ2n) is 3.80. The maximum atomic E-state index is 8.49. The van der Waals surface area contributed by atoms with Crippen molar-refractivity contribution in [2.45, 2.75) is 6.42 Å². The van der Waals surface area contributed by atoms with Crippen LogP contribution in [0.15, 0.2) is 0 Å². The van der Waals surface area contributed by atoms with Gasteiger partial charge in [0.05, 0.1) is 19.8 Å². The SMILES string of the molecule is CN(C)CCCN(C)CCOCCO. The van der Waals surface area contributed by atoms with Crippen molar-refractivity contribution in [2.75, 3.05) is 60.6 Å². The van der Waals surface area contributed by atoms with Crippen LogP contribution in [-0.4, -0.2) is 75.5 Å². The molecule has 0 rings (SSSR count). The summed E-state index contributed by atoms with van der Waals surface area (Å²) in [4.78, 5) is 4.44. The van der Waals surface area contributed by atoms with Crippen LogP contribution in [0.4, 0.5) is 0 Å². The van der Waals surface area contributed by atoms with Gasteiger partial charge in [0.2, 0.25) is 0 Å². The van der Waals surface area contributed by atoms with Crippen molar-refractivity contribution in [3.8, 4) is 0 Å². The molecule has 0 aromatic rings. The molecule has 0 unspecified atom stereocenters. The molecule has 0 aliphatic rings. The average molecular weight is 204 g/mol. The lowest BCUT2D eigenvalue weighted by Crippen LogP contribution is -2.27. The zero-order chi connectivity index (χ0) is 10.8. The second kappa shape index (κ2) is 9.40. The van der Waals surface area contributed by atoms with Crippen molar-refractivity contribution in [2.24, 2.45) is 0 Å². The molecule has 4 nitrogen and oxygen atoms in total. The third kappa shape index (κ3) is 9.92. The summed E-state index contributed by atoms with van der Waals surface area (Å²) < 4.78 is 5.18. The van der Waals surface area contributed by atoms with Crippen molar-refractivity contribution >= 4 is 0 Å². The van der Waals surface area contributed by atoms with Gasteiger partial charge in [-0.05, 0) is 40.7 Å². The number of rotatable bonds is 9.